The number of rotatable bonds is 9. The van der Waals surface area contributed by atoms with Crippen molar-refractivity contribution in [2.75, 3.05) is 61.7 Å². The van der Waals surface area contributed by atoms with E-state index < -0.39 is 11.3 Å². The summed E-state index contributed by atoms with van der Waals surface area (Å²) in [5, 5.41) is 0.651. The Hall–Kier alpha value is -2.40. The smallest absolute Gasteiger partial charge is 0.184 e. The number of hydrogen-bond acceptors (Lipinski definition) is 8. The van der Waals surface area contributed by atoms with Crippen LogP contribution in [0.1, 0.15) is 38.7 Å². The van der Waals surface area contributed by atoms with Crippen LogP contribution in [-0.2, 0) is 17.7 Å². The van der Waals surface area contributed by atoms with Gasteiger partial charge in [-0.2, -0.15) is 0 Å². The van der Waals surface area contributed by atoms with Crippen LogP contribution in [0, 0.1) is 0 Å². The highest BCUT2D eigenvalue weighted by molar-refractivity contribution is 7.80. The van der Waals surface area contributed by atoms with Gasteiger partial charge in [-0.1, -0.05) is 11.6 Å². The van der Waals surface area contributed by atoms with Crippen molar-refractivity contribution < 1.29 is 27.7 Å². The molecule has 3 aliphatic heterocycles. The third-order valence-corrected chi connectivity index (χ3v) is 8.63. The van der Waals surface area contributed by atoms with Gasteiger partial charge in [0.1, 0.15) is 18.8 Å². The number of hydrogen-bond donors (Lipinski definition) is 0. The Balaban J connectivity index is 1.05. The molecule has 0 spiro atoms. The van der Waals surface area contributed by atoms with Crippen molar-refractivity contribution in [2.45, 2.75) is 51.2 Å². The van der Waals surface area contributed by atoms with Gasteiger partial charge in [0.2, 0.25) is 0 Å². The number of benzene rings is 2. The van der Waals surface area contributed by atoms with Gasteiger partial charge < -0.3 is 28.4 Å². The number of ether oxygens (including phenoxy) is 4. The summed E-state index contributed by atoms with van der Waals surface area (Å²) in [6, 6.07) is 7.58. The summed E-state index contributed by atoms with van der Waals surface area (Å²) in [5.41, 5.74) is 2.31. The monoisotopic (exact) mass is 576 g/mol. The molecule has 9 nitrogen and oxygen atoms in total. The Morgan fingerprint density at radius 1 is 1.10 bits per heavy atom. The van der Waals surface area contributed by atoms with Crippen molar-refractivity contribution in [3.63, 3.8) is 0 Å². The molecule has 1 atom stereocenters. The van der Waals surface area contributed by atoms with Gasteiger partial charge in [0, 0.05) is 79.2 Å². The Morgan fingerprint density at radius 2 is 1.87 bits per heavy atom. The highest BCUT2D eigenvalue weighted by Crippen LogP contribution is 2.46. The van der Waals surface area contributed by atoms with Gasteiger partial charge in [-0.25, -0.2) is 0 Å². The summed E-state index contributed by atoms with van der Waals surface area (Å²) in [6.07, 6.45) is 3.34. The average Bonchev–Trinajstić information content (AvgIpc) is 3.67. The molecule has 0 N–H and O–H groups in total. The maximum absolute atomic E-state index is 12.0. The van der Waals surface area contributed by atoms with Crippen LogP contribution in [0.2, 0.25) is 5.02 Å². The summed E-state index contributed by atoms with van der Waals surface area (Å²) >= 11 is 4.03. The van der Waals surface area contributed by atoms with Crippen LogP contribution in [0.25, 0.3) is 0 Å². The normalized spacial score (nSPS) is 20.8. The van der Waals surface area contributed by atoms with Crippen LogP contribution >= 0.6 is 11.6 Å². The van der Waals surface area contributed by atoms with Gasteiger partial charge in [0.25, 0.3) is 0 Å². The topological polar surface area (TPSA) is 86.8 Å². The zero-order valence-corrected chi connectivity index (χ0v) is 24.0. The van der Waals surface area contributed by atoms with Crippen LogP contribution < -0.4 is 28.2 Å². The van der Waals surface area contributed by atoms with Crippen LogP contribution in [0.15, 0.2) is 24.3 Å². The van der Waals surface area contributed by atoms with Crippen molar-refractivity contribution in [1.82, 2.24) is 4.90 Å². The maximum Gasteiger partial charge on any atom is 0.184 e. The predicted molar refractivity (Wildman–Crippen MR) is 150 cm³/mol. The first-order valence-electron chi connectivity index (χ1n) is 13.7. The van der Waals surface area contributed by atoms with Crippen molar-refractivity contribution in [3.05, 3.63) is 34.9 Å². The van der Waals surface area contributed by atoms with E-state index in [0.717, 1.165) is 74.7 Å². The number of piperazine rings is 1. The molecule has 2 aromatic rings. The largest absolute Gasteiger partial charge is 0.755 e. The predicted octanol–water partition coefficient (Wildman–Crippen LogP) is 4.18. The molecule has 39 heavy (non-hydrogen) atoms. The lowest BCUT2D eigenvalue weighted by Gasteiger charge is -2.37. The van der Waals surface area contributed by atoms with Crippen molar-refractivity contribution >= 4 is 34.2 Å². The minimum atomic E-state index is -2.32. The van der Waals surface area contributed by atoms with E-state index in [4.69, 9.17) is 30.5 Å². The molecule has 2 fully saturated rings. The summed E-state index contributed by atoms with van der Waals surface area (Å²) in [4.78, 5) is 4.75. The fourth-order valence-corrected chi connectivity index (χ4v) is 6.58. The molecular weight excluding hydrogens is 542 g/mol. The fourth-order valence-electron chi connectivity index (χ4n) is 5.64. The van der Waals surface area contributed by atoms with E-state index in [9.17, 15) is 8.76 Å². The molecule has 3 heterocycles. The number of nitrogens with zero attached hydrogens (tertiary/aromatic N) is 3. The molecule has 1 saturated heterocycles. The van der Waals surface area contributed by atoms with Crippen LogP contribution in [0.4, 0.5) is 11.4 Å². The van der Waals surface area contributed by atoms with Crippen LogP contribution in [-0.4, -0.2) is 77.8 Å². The average molecular weight is 577 g/mol. The lowest BCUT2D eigenvalue weighted by atomic mass is 10.0. The van der Waals surface area contributed by atoms with E-state index >= 15 is 0 Å². The first kappa shape index (κ1) is 26.8. The molecule has 1 aliphatic carbocycles. The molecule has 1 saturated carbocycles. The molecule has 0 aromatic heterocycles. The molecule has 2 aromatic carbocycles. The molecule has 4 aliphatic rings. The molecular formula is C28H35ClN3O6S-. The molecule has 1 unspecified atom stereocenters. The standard InChI is InChI=1S/C28H36ClN3O6S/c1-28(2)18-19-14-22(32(39(33)34)21-4-5-21)17-25(26(19)38-28)35-11-3-6-30-7-9-31(10-8-30)23-15-20(29)16-24-27(23)37-13-12-36-24/h14-17,21H,3-13,18H2,1-2H3,(H,33,34)/p-1. The van der Waals surface area contributed by atoms with Crippen molar-refractivity contribution in [2.24, 2.45) is 0 Å². The fraction of sp³-hybridized carbons (Fsp3) is 0.571. The van der Waals surface area contributed by atoms with Gasteiger partial charge in [-0.15, -0.1) is 0 Å². The second-order valence-corrected chi connectivity index (χ2v) is 12.5. The van der Waals surface area contributed by atoms with E-state index in [2.05, 4.69) is 9.80 Å². The second kappa shape index (κ2) is 10.9. The van der Waals surface area contributed by atoms with E-state index in [1.807, 2.05) is 38.1 Å². The Bertz CT molecular complexity index is 1250. The molecule has 6 rings (SSSR count). The van der Waals surface area contributed by atoms with Gasteiger partial charge in [0.05, 0.1) is 18.0 Å². The van der Waals surface area contributed by atoms with Crippen LogP contribution in [0.5, 0.6) is 23.0 Å². The summed E-state index contributed by atoms with van der Waals surface area (Å²) in [7, 11) is 0. The van der Waals surface area contributed by atoms with E-state index in [1.165, 1.54) is 4.31 Å². The SMILES string of the molecule is CC1(C)Cc2cc(N(C3CC3)S(=O)[O-])cc(OCCCN3CCN(c4cc(Cl)cc5c4OCCO5)CC3)c2O1. The van der Waals surface area contributed by atoms with E-state index in [-0.39, 0.29) is 11.6 Å². The number of halogens is 1. The molecule has 11 heteroatoms. The van der Waals surface area contributed by atoms with Gasteiger partial charge in [0.15, 0.2) is 23.0 Å². The molecule has 0 radical (unpaired) electrons. The minimum absolute atomic E-state index is 0.0414. The lowest BCUT2D eigenvalue weighted by Crippen LogP contribution is -2.47. The second-order valence-electron chi connectivity index (χ2n) is 11.2. The van der Waals surface area contributed by atoms with E-state index in [0.29, 0.717) is 48.5 Å². The third-order valence-electron chi connectivity index (χ3n) is 7.58. The lowest BCUT2D eigenvalue weighted by molar-refractivity contribution is 0.131. The summed E-state index contributed by atoms with van der Waals surface area (Å²) < 4.78 is 49.5. The molecule has 0 bridgehead atoms. The van der Waals surface area contributed by atoms with Crippen molar-refractivity contribution in [1.29, 1.82) is 0 Å². The Labute approximate surface area is 237 Å². The van der Waals surface area contributed by atoms with Crippen molar-refractivity contribution in [3.8, 4) is 23.0 Å². The Morgan fingerprint density at radius 3 is 2.62 bits per heavy atom. The van der Waals surface area contributed by atoms with Gasteiger partial charge >= 0.3 is 0 Å². The first-order valence-corrected chi connectivity index (χ1v) is 15.1. The highest BCUT2D eigenvalue weighted by Gasteiger charge is 2.36. The molecule has 212 valence electrons. The number of fused-ring (bicyclic) bond motifs is 2. The molecule has 0 amide bonds. The van der Waals surface area contributed by atoms with Gasteiger partial charge in [-0.05, 0) is 45.2 Å². The van der Waals surface area contributed by atoms with E-state index in [1.54, 1.807) is 0 Å². The maximum atomic E-state index is 12.0. The minimum Gasteiger partial charge on any atom is -0.755 e. The third kappa shape index (κ3) is 5.89. The van der Waals surface area contributed by atoms with Crippen LogP contribution in [0.3, 0.4) is 0 Å². The number of anilines is 2. The highest BCUT2D eigenvalue weighted by atomic mass is 35.5. The first-order chi connectivity index (χ1) is 18.8. The Kier molecular flexibility index (Phi) is 7.47. The zero-order valence-electron chi connectivity index (χ0n) is 22.4. The van der Waals surface area contributed by atoms with Gasteiger partial charge in [-0.3, -0.25) is 13.4 Å². The quantitative estimate of drug-likeness (QED) is 0.325. The summed E-state index contributed by atoms with van der Waals surface area (Å²) in [6.45, 7) is 10.2. The summed E-state index contributed by atoms with van der Waals surface area (Å²) in [5.74, 6) is 2.87. The zero-order chi connectivity index (χ0) is 27.1.